The maximum absolute atomic E-state index is 13.8. The average molecular weight is 503 g/mol. The number of benzene rings is 1. The van der Waals surface area contributed by atoms with Crippen LogP contribution in [-0.2, 0) is 22.4 Å². The second kappa shape index (κ2) is 9.77. The molecule has 33 heavy (non-hydrogen) atoms. The maximum atomic E-state index is 13.8. The van der Waals surface area contributed by atoms with Crippen molar-refractivity contribution in [1.29, 1.82) is 0 Å². The number of carbonyl (C=O) groups is 2. The van der Waals surface area contributed by atoms with Gasteiger partial charge in [0.15, 0.2) is 6.04 Å². The molecule has 4 rings (SSSR count). The lowest BCUT2D eigenvalue weighted by molar-refractivity contribution is -0.190. The molecule has 1 aromatic heterocycles. The van der Waals surface area contributed by atoms with Gasteiger partial charge in [-0.25, -0.2) is 0 Å². The number of aromatic nitrogens is 1. The molecule has 1 aromatic carbocycles. The van der Waals surface area contributed by atoms with Gasteiger partial charge in [-0.05, 0) is 54.7 Å². The molecule has 0 bridgehead atoms. The van der Waals surface area contributed by atoms with Crippen molar-refractivity contribution >= 4 is 41.5 Å². The number of alkyl halides is 3. The number of nitrogens with one attached hydrogen (secondary N) is 2. The zero-order valence-corrected chi connectivity index (χ0v) is 19.2. The van der Waals surface area contributed by atoms with E-state index in [0.717, 1.165) is 25.5 Å². The van der Waals surface area contributed by atoms with Crippen molar-refractivity contribution in [2.45, 2.75) is 50.0 Å². The van der Waals surface area contributed by atoms with Crippen LogP contribution in [0.5, 0.6) is 0 Å². The average Bonchev–Trinajstić information content (AvgIpc) is 3.33. The Morgan fingerprint density at radius 3 is 2.58 bits per heavy atom. The highest BCUT2D eigenvalue weighted by molar-refractivity contribution is 6.30. The zero-order chi connectivity index (χ0) is 23.0. The van der Waals surface area contributed by atoms with Gasteiger partial charge < -0.3 is 15.5 Å². The molecule has 1 aliphatic carbocycles. The molecule has 0 saturated carbocycles. The van der Waals surface area contributed by atoms with E-state index >= 15 is 0 Å². The highest BCUT2D eigenvalue weighted by Crippen LogP contribution is 2.37. The molecule has 0 radical (unpaired) electrons. The van der Waals surface area contributed by atoms with E-state index in [0.29, 0.717) is 15.6 Å². The van der Waals surface area contributed by atoms with Crippen molar-refractivity contribution < 1.29 is 22.8 Å². The Hall–Kier alpha value is -2.52. The summed E-state index contributed by atoms with van der Waals surface area (Å²) in [4.78, 5) is 28.5. The van der Waals surface area contributed by atoms with Crippen LogP contribution >= 0.6 is 24.0 Å². The van der Waals surface area contributed by atoms with Gasteiger partial charge in [0.25, 0.3) is 0 Å². The maximum Gasteiger partial charge on any atom is 0.414 e. The predicted octanol–water partition coefficient (Wildman–Crippen LogP) is 4.08. The Morgan fingerprint density at radius 2 is 1.97 bits per heavy atom. The van der Waals surface area contributed by atoms with Crippen molar-refractivity contribution in [3.63, 3.8) is 0 Å². The molecule has 178 valence electrons. The molecule has 1 aliphatic heterocycles. The molecule has 11 heteroatoms. The predicted molar refractivity (Wildman–Crippen MR) is 120 cm³/mol. The van der Waals surface area contributed by atoms with Gasteiger partial charge in [-0.1, -0.05) is 17.7 Å². The first kappa shape index (κ1) is 25.1. The number of likely N-dealkylation sites (N-methyl/N-ethyl adjacent to an activating group) is 1. The SMILES string of the molecule is CN(C(=O)[C@H]1CCC(=O)N1)C(c1ccc(N[C@H]2Cc3ccc(Cl)cc3C2)cn1)C(F)(F)F.Cl. The fourth-order valence-corrected chi connectivity index (χ4v) is 4.53. The van der Waals surface area contributed by atoms with Crippen LogP contribution in [-0.4, -0.2) is 47.0 Å². The highest BCUT2D eigenvalue weighted by atomic mass is 35.5. The van der Waals surface area contributed by atoms with E-state index in [9.17, 15) is 22.8 Å². The summed E-state index contributed by atoms with van der Waals surface area (Å²) in [5, 5.41) is 6.39. The summed E-state index contributed by atoms with van der Waals surface area (Å²) in [5.41, 5.74) is 2.64. The third-order valence-corrected chi connectivity index (χ3v) is 6.11. The molecule has 1 unspecified atom stereocenters. The Kier molecular flexibility index (Phi) is 7.43. The lowest BCUT2D eigenvalue weighted by Crippen LogP contribution is -2.47. The molecule has 2 heterocycles. The largest absolute Gasteiger partial charge is 0.414 e. The molecule has 3 atom stereocenters. The number of pyridine rings is 1. The second-order valence-corrected chi connectivity index (χ2v) is 8.62. The molecule has 1 saturated heterocycles. The van der Waals surface area contributed by atoms with Gasteiger partial charge in [-0.3, -0.25) is 14.6 Å². The van der Waals surface area contributed by atoms with Crippen LogP contribution in [0.15, 0.2) is 36.5 Å². The fourth-order valence-electron chi connectivity index (χ4n) is 4.33. The Labute approximate surface area is 200 Å². The number of fused-ring (bicyclic) bond motifs is 1. The number of rotatable bonds is 5. The fraction of sp³-hybridized carbons (Fsp3) is 0.409. The summed E-state index contributed by atoms with van der Waals surface area (Å²) in [6.45, 7) is 0. The minimum Gasteiger partial charge on any atom is -0.380 e. The van der Waals surface area contributed by atoms with Crippen LogP contribution in [0.1, 0.15) is 35.7 Å². The van der Waals surface area contributed by atoms with Gasteiger partial charge >= 0.3 is 6.18 Å². The molecule has 2 N–H and O–H groups in total. The lowest BCUT2D eigenvalue weighted by Gasteiger charge is -2.31. The van der Waals surface area contributed by atoms with Crippen LogP contribution in [0.2, 0.25) is 5.02 Å². The quantitative estimate of drug-likeness (QED) is 0.645. The minimum absolute atomic E-state index is 0. The third kappa shape index (κ3) is 5.52. The molecule has 2 aromatic rings. The molecule has 1 fully saturated rings. The van der Waals surface area contributed by atoms with E-state index in [-0.39, 0.29) is 42.9 Å². The van der Waals surface area contributed by atoms with Gasteiger partial charge in [0.2, 0.25) is 11.8 Å². The molecule has 6 nitrogen and oxygen atoms in total. The van der Waals surface area contributed by atoms with Crippen LogP contribution in [0.25, 0.3) is 0 Å². The van der Waals surface area contributed by atoms with E-state index < -0.39 is 24.2 Å². The molecular formula is C22H23Cl2F3N4O2. The number of nitrogens with zero attached hydrogens (tertiary/aromatic N) is 2. The van der Waals surface area contributed by atoms with Gasteiger partial charge in [-0.2, -0.15) is 13.2 Å². The van der Waals surface area contributed by atoms with Crippen LogP contribution in [0.4, 0.5) is 18.9 Å². The monoisotopic (exact) mass is 502 g/mol. The summed E-state index contributed by atoms with van der Waals surface area (Å²) in [5.74, 6) is -1.13. The van der Waals surface area contributed by atoms with E-state index in [1.807, 2.05) is 18.2 Å². The summed E-state index contributed by atoms with van der Waals surface area (Å²) in [6.07, 6.45) is -1.54. The topological polar surface area (TPSA) is 74.3 Å². The Bertz CT molecular complexity index is 1030. The van der Waals surface area contributed by atoms with Gasteiger partial charge in [-0.15, -0.1) is 12.4 Å². The highest BCUT2D eigenvalue weighted by Gasteiger charge is 2.47. The van der Waals surface area contributed by atoms with E-state index in [4.69, 9.17) is 11.6 Å². The number of amides is 2. The van der Waals surface area contributed by atoms with Crippen molar-refractivity contribution in [1.82, 2.24) is 15.2 Å². The normalized spacial score (nSPS) is 20.5. The minimum atomic E-state index is -4.72. The van der Waals surface area contributed by atoms with Gasteiger partial charge in [0.05, 0.1) is 17.6 Å². The summed E-state index contributed by atoms with van der Waals surface area (Å²) < 4.78 is 41.5. The number of hydrogen-bond acceptors (Lipinski definition) is 4. The van der Waals surface area contributed by atoms with E-state index in [2.05, 4.69) is 15.6 Å². The molecule has 2 aliphatic rings. The van der Waals surface area contributed by atoms with Crippen LogP contribution < -0.4 is 10.6 Å². The van der Waals surface area contributed by atoms with Crippen molar-refractivity contribution in [2.24, 2.45) is 0 Å². The van der Waals surface area contributed by atoms with Crippen molar-refractivity contribution in [3.05, 3.63) is 58.4 Å². The first-order valence-electron chi connectivity index (χ1n) is 10.2. The first-order valence-corrected chi connectivity index (χ1v) is 10.6. The number of carbonyl (C=O) groups excluding carboxylic acids is 2. The summed E-state index contributed by atoms with van der Waals surface area (Å²) in [7, 11) is 1.08. The standard InChI is InChI=1S/C22H22ClF3N4O2.ClH/c1-30(21(32)18-6-7-19(31)29-18)20(22(24,25)26)17-5-4-15(11-27-17)28-16-9-12-2-3-14(23)8-13(12)10-16;/h2-5,8,11,16,18,20,28H,6-7,9-10H2,1H3,(H,29,31);1H/t16-,18+,20?;/m0./s1. The number of anilines is 1. The zero-order valence-electron chi connectivity index (χ0n) is 17.7. The summed E-state index contributed by atoms with van der Waals surface area (Å²) in [6, 6.07) is 5.48. The van der Waals surface area contributed by atoms with Crippen LogP contribution in [0.3, 0.4) is 0 Å². The Balaban J connectivity index is 0.00000306. The van der Waals surface area contributed by atoms with Crippen molar-refractivity contribution in [3.8, 4) is 0 Å². The summed E-state index contributed by atoms with van der Waals surface area (Å²) >= 11 is 6.04. The smallest absolute Gasteiger partial charge is 0.380 e. The second-order valence-electron chi connectivity index (χ2n) is 8.19. The lowest BCUT2D eigenvalue weighted by atomic mass is 10.1. The number of hydrogen-bond donors (Lipinski definition) is 2. The van der Waals surface area contributed by atoms with Crippen LogP contribution in [0, 0.1) is 0 Å². The third-order valence-electron chi connectivity index (χ3n) is 5.88. The van der Waals surface area contributed by atoms with Gasteiger partial charge in [0, 0.05) is 24.5 Å². The van der Waals surface area contributed by atoms with E-state index in [1.165, 1.54) is 23.9 Å². The Morgan fingerprint density at radius 1 is 1.24 bits per heavy atom. The number of halogens is 5. The molecule has 2 amide bonds. The first-order chi connectivity index (χ1) is 15.1. The van der Waals surface area contributed by atoms with E-state index in [1.54, 1.807) is 0 Å². The van der Waals surface area contributed by atoms with Crippen molar-refractivity contribution in [2.75, 3.05) is 12.4 Å². The van der Waals surface area contributed by atoms with Gasteiger partial charge in [0.1, 0.15) is 6.04 Å². The molecule has 0 spiro atoms. The molecular weight excluding hydrogens is 480 g/mol.